The molecule has 1 atom stereocenters. The van der Waals surface area contributed by atoms with Crippen LogP contribution in [-0.4, -0.2) is 38.3 Å². The molecule has 0 aliphatic rings. The fourth-order valence-corrected chi connectivity index (χ4v) is 3.93. The van der Waals surface area contributed by atoms with E-state index in [-0.39, 0.29) is 12.4 Å². The molecule has 7 nitrogen and oxygen atoms in total. The van der Waals surface area contributed by atoms with E-state index in [0.717, 1.165) is 16.6 Å². The van der Waals surface area contributed by atoms with E-state index in [1.807, 2.05) is 30.5 Å². The highest BCUT2D eigenvalue weighted by molar-refractivity contribution is 7.14. The first-order chi connectivity index (χ1) is 14.9. The number of aromatic nitrogens is 3. The molecule has 9 heteroatoms. The van der Waals surface area contributed by atoms with E-state index in [2.05, 4.69) is 20.6 Å². The molecule has 0 bridgehead atoms. The maximum absolute atomic E-state index is 13.4. The van der Waals surface area contributed by atoms with Gasteiger partial charge in [0.15, 0.2) is 5.13 Å². The number of halogens is 1. The highest BCUT2D eigenvalue weighted by Gasteiger charge is 2.13. The summed E-state index contributed by atoms with van der Waals surface area (Å²) in [6.45, 7) is 4.44. The van der Waals surface area contributed by atoms with E-state index in [9.17, 15) is 14.3 Å². The summed E-state index contributed by atoms with van der Waals surface area (Å²) in [5.41, 5.74) is 5.36. The van der Waals surface area contributed by atoms with Crippen molar-refractivity contribution in [2.24, 2.45) is 0 Å². The highest BCUT2D eigenvalue weighted by atomic mass is 32.1. The second-order valence-corrected chi connectivity index (χ2v) is 8.22. The molecule has 2 amide bonds. The third-order valence-electron chi connectivity index (χ3n) is 4.99. The van der Waals surface area contributed by atoms with Crippen LogP contribution in [0.2, 0.25) is 0 Å². The molecule has 0 fully saturated rings. The minimum absolute atomic E-state index is 0.0679. The number of carbonyl (C=O) groups excluding carboxylic acids is 1. The molecule has 31 heavy (non-hydrogen) atoms. The number of amides is 2. The number of aryl methyl sites for hydroxylation is 2. The summed E-state index contributed by atoms with van der Waals surface area (Å²) < 4.78 is 15.2. The van der Waals surface area contributed by atoms with Gasteiger partial charge in [0, 0.05) is 17.5 Å². The van der Waals surface area contributed by atoms with Gasteiger partial charge < -0.3 is 15.0 Å². The third kappa shape index (κ3) is 4.89. The van der Waals surface area contributed by atoms with E-state index >= 15 is 0 Å². The molecular formula is C22H22FN5O2S. The standard InChI is InChI=1S/C22H22FN5O2S/c1-13-6-18-20(7-14(13)2)28(12-25-18)10-17(29)9-24-21(30)27-22-26-19(11-31-22)15-4-3-5-16(23)8-15/h3-8,11-12,17,29H,9-10H2,1-2H3,(H2,24,26,27,30). The number of urea groups is 1. The van der Waals surface area contributed by atoms with Crippen molar-refractivity contribution in [3.63, 3.8) is 0 Å². The van der Waals surface area contributed by atoms with Gasteiger partial charge in [0.05, 0.1) is 35.7 Å². The van der Waals surface area contributed by atoms with Gasteiger partial charge in [0.1, 0.15) is 5.82 Å². The van der Waals surface area contributed by atoms with Crippen LogP contribution >= 0.6 is 11.3 Å². The summed E-state index contributed by atoms with van der Waals surface area (Å²) in [6.07, 6.45) is 0.903. The smallest absolute Gasteiger partial charge is 0.321 e. The Balaban J connectivity index is 1.31. The second kappa shape index (κ2) is 8.83. The van der Waals surface area contributed by atoms with Gasteiger partial charge in [-0.25, -0.2) is 19.2 Å². The largest absolute Gasteiger partial charge is 0.389 e. The summed E-state index contributed by atoms with van der Waals surface area (Å²) in [4.78, 5) is 20.9. The zero-order valence-corrected chi connectivity index (χ0v) is 17.9. The van der Waals surface area contributed by atoms with Crippen molar-refractivity contribution in [3.8, 4) is 11.3 Å². The lowest BCUT2D eigenvalue weighted by Crippen LogP contribution is -2.36. The number of thiazole rings is 1. The van der Waals surface area contributed by atoms with Crippen LogP contribution in [0, 0.1) is 19.7 Å². The van der Waals surface area contributed by atoms with Crippen LogP contribution in [0.4, 0.5) is 14.3 Å². The van der Waals surface area contributed by atoms with E-state index < -0.39 is 12.1 Å². The van der Waals surface area contributed by atoms with Gasteiger partial charge in [-0.05, 0) is 49.2 Å². The minimum atomic E-state index is -0.788. The van der Waals surface area contributed by atoms with Gasteiger partial charge in [-0.2, -0.15) is 0 Å². The zero-order chi connectivity index (χ0) is 22.0. The van der Waals surface area contributed by atoms with Crippen molar-refractivity contribution >= 4 is 33.5 Å². The maximum atomic E-state index is 13.4. The molecule has 160 valence electrons. The molecule has 0 radical (unpaired) electrons. The lowest BCUT2D eigenvalue weighted by Gasteiger charge is -2.13. The number of aliphatic hydroxyl groups is 1. The van der Waals surface area contributed by atoms with Crippen LogP contribution in [-0.2, 0) is 6.54 Å². The molecule has 4 aromatic rings. The van der Waals surface area contributed by atoms with Crippen LogP contribution in [0.15, 0.2) is 48.1 Å². The Morgan fingerprint density at radius 2 is 2.06 bits per heavy atom. The van der Waals surface area contributed by atoms with Gasteiger partial charge in [0.25, 0.3) is 0 Å². The summed E-state index contributed by atoms with van der Waals surface area (Å²) in [7, 11) is 0. The van der Waals surface area contributed by atoms with E-state index in [1.165, 1.54) is 29.0 Å². The van der Waals surface area contributed by atoms with E-state index in [0.29, 0.717) is 22.9 Å². The Morgan fingerprint density at radius 1 is 1.26 bits per heavy atom. The molecule has 0 saturated carbocycles. The SMILES string of the molecule is Cc1cc2ncn(CC(O)CNC(=O)Nc3nc(-c4cccc(F)c4)cs3)c2cc1C. The Bertz CT molecular complexity index is 1240. The van der Waals surface area contributed by atoms with Gasteiger partial charge in [-0.15, -0.1) is 11.3 Å². The number of hydrogen-bond acceptors (Lipinski definition) is 5. The average molecular weight is 440 g/mol. The van der Waals surface area contributed by atoms with Crippen LogP contribution < -0.4 is 10.6 Å². The van der Waals surface area contributed by atoms with Crippen LogP contribution in [0.5, 0.6) is 0 Å². The number of aliphatic hydroxyl groups excluding tert-OH is 1. The summed E-state index contributed by atoms with van der Waals surface area (Å²) in [5, 5.41) is 17.8. The monoisotopic (exact) mass is 439 g/mol. The Labute approximate surface area is 182 Å². The minimum Gasteiger partial charge on any atom is -0.389 e. The predicted molar refractivity (Wildman–Crippen MR) is 120 cm³/mol. The predicted octanol–water partition coefficient (Wildman–Crippen LogP) is 4.10. The number of imidazole rings is 1. The molecule has 2 aromatic heterocycles. The van der Waals surface area contributed by atoms with E-state index in [4.69, 9.17) is 0 Å². The number of nitrogens with one attached hydrogen (secondary N) is 2. The second-order valence-electron chi connectivity index (χ2n) is 7.36. The van der Waals surface area contributed by atoms with Crippen molar-refractivity contribution in [3.05, 3.63) is 65.0 Å². The fourth-order valence-electron chi connectivity index (χ4n) is 3.21. The Morgan fingerprint density at radius 3 is 2.87 bits per heavy atom. The lowest BCUT2D eigenvalue weighted by atomic mass is 10.1. The van der Waals surface area contributed by atoms with Gasteiger partial charge in [-0.1, -0.05) is 12.1 Å². The van der Waals surface area contributed by atoms with Crippen LogP contribution in [0.25, 0.3) is 22.3 Å². The molecule has 2 aromatic carbocycles. The summed E-state index contributed by atoms with van der Waals surface area (Å²) >= 11 is 1.24. The third-order valence-corrected chi connectivity index (χ3v) is 5.74. The van der Waals surface area contributed by atoms with Crippen molar-refractivity contribution in [1.29, 1.82) is 0 Å². The van der Waals surface area contributed by atoms with Crippen LogP contribution in [0.1, 0.15) is 11.1 Å². The number of carbonyl (C=O) groups is 1. The molecule has 2 heterocycles. The maximum Gasteiger partial charge on any atom is 0.321 e. The molecular weight excluding hydrogens is 417 g/mol. The number of hydrogen-bond donors (Lipinski definition) is 3. The number of fused-ring (bicyclic) bond motifs is 1. The molecule has 1 unspecified atom stereocenters. The average Bonchev–Trinajstić information content (AvgIpc) is 3.34. The first-order valence-corrected chi connectivity index (χ1v) is 10.6. The number of nitrogens with zero attached hydrogens (tertiary/aromatic N) is 3. The molecule has 4 rings (SSSR count). The number of benzene rings is 2. The topological polar surface area (TPSA) is 92.1 Å². The van der Waals surface area contributed by atoms with Crippen molar-refractivity contribution < 1.29 is 14.3 Å². The lowest BCUT2D eigenvalue weighted by molar-refractivity contribution is 0.154. The Kier molecular flexibility index (Phi) is 5.97. The zero-order valence-electron chi connectivity index (χ0n) is 17.1. The number of rotatable bonds is 6. The molecule has 0 saturated heterocycles. The van der Waals surface area contributed by atoms with Crippen molar-refractivity contribution in [2.75, 3.05) is 11.9 Å². The summed E-state index contributed by atoms with van der Waals surface area (Å²) in [6, 6.07) is 9.70. The first kappa shape index (κ1) is 21.0. The van der Waals surface area contributed by atoms with Gasteiger partial charge in [0.2, 0.25) is 0 Å². The first-order valence-electron chi connectivity index (χ1n) is 9.75. The van der Waals surface area contributed by atoms with Gasteiger partial charge >= 0.3 is 6.03 Å². The van der Waals surface area contributed by atoms with Crippen molar-refractivity contribution in [1.82, 2.24) is 19.9 Å². The fraction of sp³-hybridized carbons (Fsp3) is 0.227. The molecule has 3 N–H and O–H groups in total. The van der Waals surface area contributed by atoms with Crippen molar-refractivity contribution in [2.45, 2.75) is 26.5 Å². The molecule has 0 aliphatic heterocycles. The highest BCUT2D eigenvalue weighted by Crippen LogP contribution is 2.25. The Hall–Kier alpha value is -3.30. The normalized spacial score (nSPS) is 12.1. The molecule has 0 spiro atoms. The quantitative estimate of drug-likeness (QED) is 0.422. The van der Waals surface area contributed by atoms with Gasteiger partial charge in [-0.3, -0.25) is 5.32 Å². The molecule has 0 aliphatic carbocycles. The summed E-state index contributed by atoms with van der Waals surface area (Å²) in [5.74, 6) is -0.345. The van der Waals surface area contributed by atoms with E-state index in [1.54, 1.807) is 23.8 Å². The van der Waals surface area contributed by atoms with Crippen LogP contribution in [0.3, 0.4) is 0 Å². The number of anilines is 1.